The van der Waals surface area contributed by atoms with Gasteiger partial charge in [0.15, 0.2) is 0 Å². The molecule has 1 aliphatic heterocycles. The van der Waals surface area contributed by atoms with Gasteiger partial charge in [-0.2, -0.15) is 4.39 Å². The number of aromatic nitrogens is 1. The van der Waals surface area contributed by atoms with Gasteiger partial charge in [-0.15, -0.1) is 24.8 Å². The Morgan fingerprint density at radius 2 is 1.86 bits per heavy atom. The first-order valence-electron chi connectivity index (χ1n) is 9.03. The molecule has 1 aromatic heterocycles. The Balaban J connectivity index is 0.00000140. The minimum absolute atomic E-state index is 0. The Kier molecular flexibility index (Phi) is 8.04. The summed E-state index contributed by atoms with van der Waals surface area (Å²) in [6, 6.07) is 13.2. The normalized spacial score (nSPS) is 25.6. The summed E-state index contributed by atoms with van der Waals surface area (Å²) >= 11 is 0. The maximum absolute atomic E-state index is 12.8. The third-order valence-corrected chi connectivity index (χ3v) is 5.22. The van der Waals surface area contributed by atoms with Crippen molar-refractivity contribution in [3.05, 3.63) is 60.2 Å². The van der Waals surface area contributed by atoms with E-state index < -0.39 is 5.95 Å². The Morgan fingerprint density at radius 1 is 1.11 bits per heavy atom. The number of ether oxygens (including phenoxy) is 1. The number of pyridine rings is 1. The van der Waals surface area contributed by atoms with Crippen LogP contribution >= 0.6 is 24.8 Å². The van der Waals surface area contributed by atoms with Gasteiger partial charge in [0.2, 0.25) is 11.9 Å². The molecule has 8 heteroatoms. The van der Waals surface area contributed by atoms with Crippen molar-refractivity contribution in [1.29, 1.82) is 0 Å². The zero-order chi connectivity index (χ0) is 17.9. The molecule has 2 fully saturated rings. The lowest BCUT2D eigenvalue weighted by molar-refractivity contribution is -0.126. The fourth-order valence-electron chi connectivity index (χ4n) is 3.72. The van der Waals surface area contributed by atoms with Gasteiger partial charge in [-0.25, -0.2) is 4.98 Å². The first-order valence-corrected chi connectivity index (χ1v) is 9.03. The summed E-state index contributed by atoms with van der Waals surface area (Å²) in [6.07, 6.45) is 2.95. The largest absolute Gasteiger partial charge is 0.489 e. The number of nitrogens with one attached hydrogen (secondary N) is 2. The lowest BCUT2D eigenvalue weighted by Gasteiger charge is -2.36. The molecule has 0 unspecified atom stereocenters. The molecule has 0 radical (unpaired) electrons. The van der Waals surface area contributed by atoms with E-state index in [1.807, 2.05) is 18.2 Å². The smallest absolute Gasteiger partial charge is 0.225 e. The average molecular weight is 428 g/mol. The summed E-state index contributed by atoms with van der Waals surface area (Å²) in [7, 11) is 0. The van der Waals surface area contributed by atoms with Gasteiger partial charge in [0.05, 0.1) is 12.1 Å². The van der Waals surface area contributed by atoms with Crippen LogP contribution in [0.4, 0.5) is 4.39 Å². The van der Waals surface area contributed by atoms with E-state index in [0.717, 1.165) is 19.4 Å². The molecule has 1 saturated heterocycles. The van der Waals surface area contributed by atoms with Gasteiger partial charge in [-0.3, -0.25) is 4.79 Å². The molecule has 1 saturated carbocycles. The molecule has 2 heterocycles. The predicted octanol–water partition coefficient (Wildman–Crippen LogP) is 3.09. The zero-order valence-corrected chi connectivity index (χ0v) is 16.8. The third-order valence-electron chi connectivity index (χ3n) is 5.22. The summed E-state index contributed by atoms with van der Waals surface area (Å²) in [4.78, 5) is 16.3. The van der Waals surface area contributed by atoms with Crippen molar-refractivity contribution in [2.75, 3.05) is 13.1 Å². The predicted molar refractivity (Wildman–Crippen MR) is 110 cm³/mol. The number of hydrogen-bond acceptors (Lipinski definition) is 4. The van der Waals surface area contributed by atoms with E-state index in [0.29, 0.717) is 12.3 Å². The van der Waals surface area contributed by atoms with E-state index in [1.165, 1.54) is 17.8 Å². The fraction of sp³-hybridized carbons (Fsp3) is 0.400. The number of benzene rings is 1. The number of amides is 1. The Hall–Kier alpha value is -1.89. The van der Waals surface area contributed by atoms with Crippen LogP contribution in [0.5, 0.6) is 5.75 Å². The molecule has 1 aliphatic carbocycles. The number of carbonyl (C=O) groups excluding carboxylic acids is 1. The molecule has 0 bridgehead atoms. The van der Waals surface area contributed by atoms with E-state index in [4.69, 9.17) is 4.74 Å². The van der Waals surface area contributed by atoms with E-state index in [1.54, 1.807) is 6.07 Å². The van der Waals surface area contributed by atoms with Crippen molar-refractivity contribution >= 4 is 30.7 Å². The Morgan fingerprint density at radius 3 is 2.54 bits per heavy atom. The van der Waals surface area contributed by atoms with Crippen LogP contribution in [-0.2, 0) is 4.79 Å². The van der Waals surface area contributed by atoms with Gasteiger partial charge in [0.1, 0.15) is 11.9 Å². The minimum Gasteiger partial charge on any atom is -0.489 e. The van der Waals surface area contributed by atoms with Crippen molar-refractivity contribution in [3.8, 4) is 5.75 Å². The highest BCUT2D eigenvalue weighted by atomic mass is 35.5. The van der Waals surface area contributed by atoms with Crippen LogP contribution in [0.1, 0.15) is 24.3 Å². The van der Waals surface area contributed by atoms with Crippen LogP contribution in [0.25, 0.3) is 0 Å². The molecule has 152 valence electrons. The van der Waals surface area contributed by atoms with Crippen molar-refractivity contribution in [3.63, 3.8) is 0 Å². The maximum Gasteiger partial charge on any atom is 0.225 e. The van der Waals surface area contributed by atoms with Crippen LogP contribution in [0.15, 0.2) is 48.7 Å². The zero-order valence-electron chi connectivity index (χ0n) is 15.2. The van der Waals surface area contributed by atoms with Gasteiger partial charge in [-0.1, -0.05) is 30.3 Å². The van der Waals surface area contributed by atoms with Crippen LogP contribution in [0, 0.1) is 11.9 Å². The lowest BCUT2D eigenvalue weighted by Crippen LogP contribution is -2.51. The second-order valence-corrected chi connectivity index (χ2v) is 7.02. The monoisotopic (exact) mass is 427 g/mol. The van der Waals surface area contributed by atoms with Gasteiger partial charge in [0, 0.05) is 37.9 Å². The van der Waals surface area contributed by atoms with Gasteiger partial charge >= 0.3 is 0 Å². The molecule has 28 heavy (non-hydrogen) atoms. The van der Waals surface area contributed by atoms with E-state index in [9.17, 15) is 9.18 Å². The summed E-state index contributed by atoms with van der Waals surface area (Å²) < 4.78 is 18.5. The summed E-state index contributed by atoms with van der Waals surface area (Å²) in [5.74, 6) is 0.322. The van der Waals surface area contributed by atoms with Crippen LogP contribution < -0.4 is 15.4 Å². The number of nitrogens with zero attached hydrogens (tertiary/aromatic N) is 1. The molecule has 2 N–H and O–H groups in total. The number of hydrogen-bond donors (Lipinski definition) is 2. The van der Waals surface area contributed by atoms with Crippen molar-refractivity contribution in [2.24, 2.45) is 5.92 Å². The SMILES string of the molecule is Cl.Cl.O=C(NC1CC(Oc2ccc(F)nc2)C1)[C@@H]1CNC[C@H]1c1ccccc1. The molecule has 4 rings (SSSR count). The first-order chi connectivity index (χ1) is 12.7. The van der Waals surface area contributed by atoms with E-state index >= 15 is 0 Å². The maximum atomic E-state index is 12.8. The van der Waals surface area contributed by atoms with Gasteiger partial charge < -0.3 is 15.4 Å². The second-order valence-electron chi connectivity index (χ2n) is 7.02. The molecule has 1 aromatic carbocycles. The lowest BCUT2D eigenvalue weighted by atomic mass is 9.85. The molecular weight excluding hydrogens is 404 g/mol. The van der Waals surface area contributed by atoms with Crippen molar-refractivity contribution < 1.29 is 13.9 Å². The first kappa shape index (κ1) is 22.4. The summed E-state index contributed by atoms with van der Waals surface area (Å²) in [5.41, 5.74) is 1.20. The molecule has 0 spiro atoms. The fourth-order valence-corrected chi connectivity index (χ4v) is 3.72. The molecular formula is C20H24Cl2FN3O2. The Bertz CT molecular complexity index is 758. The molecule has 2 atom stereocenters. The molecule has 1 amide bonds. The number of halogens is 3. The molecule has 5 nitrogen and oxygen atoms in total. The quantitative estimate of drug-likeness (QED) is 0.719. The van der Waals surface area contributed by atoms with E-state index in [2.05, 4.69) is 27.8 Å². The topological polar surface area (TPSA) is 63.2 Å². The second kappa shape index (κ2) is 10.0. The number of carbonyl (C=O) groups is 1. The van der Waals surface area contributed by atoms with Gasteiger partial charge in [-0.05, 0) is 17.7 Å². The highest BCUT2D eigenvalue weighted by molar-refractivity contribution is 5.85. The Labute approximate surface area is 176 Å². The average Bonchev–Trinajstić information content (AvgIpc) is 3.12. The highest BCUT2D eigenvalue weighted by Crippen LogP contribution is 2.30. The van der Waals surface area contributed by atoms with Crippen molar-refractivity contribution in [1.82, 2.24) is 15.6 Å². The minimum atomic E-state index is -0.519. The van der Waals surface area contributed by atoms with E-state index in [-0.39, 0.29) is 54.7 Å². The molecule has 2 aromatic rings. The van der Waals surface area contributed by atoms with Gasteiger partial charge in [0.25, 0.3) is 0 Å². The summed E-state index contributed by atoms with van der Waals surface area (Å²) in [5, 5.41) is 6.48. The van der Waals surface area contributed by atoms with Crippen LogP contribution in [0.2, 0.25) is 0 Å². The molecule has 2 aliphatic rings. The number of rotatable bonds is 5. The van der Waals surface area contributed by atoms with Crippen LogP contribution in [0.3, 0.4) is 0 Å². The van der Waals surface area contributed by atoms with Crippen molar-refractivity contribution in [2.45, 2.75) is 30.9 Å². The van der Waals surface area contributed by atoms with Crippen LogP contribution in [-0.4, -0.2) is 36.1 Å². The summed E-state index contributed by atoms with van der Waals surface area (Å²) in [6.45, 7) is 1.54. The highest BCUT2D eigenvalue weighted by Gasteiger charge is 2.38. The third kappa shape index (κ3) is 5.13. The standard InChI is InChI=1S/C20H22FN3O2.2ClH/c21-19-7-6-15(10-23-19)26-16-8-14(9-16)24-20(25)18-12-22-11-17(18)13-4-2-1-3-5-13;;/h1-7,10,14,16-18,22H,8-9,11-12H2,(H,24,25);2*1H/t14?,16?,17-,18+;;/m0../s1.